The molecular formula is C22H25N5O6. The zero-order chi connectivity index (χ0) is 23.2. The molecule has 1 N–H and O–H groups in total. The molecule has 1 aromatic carbocycles. The van der Waals surface area contributed by atoms with E-state index in [9.17, 15) is 9.59 Å². The second-order valence-electron chi connectivity index (χ2n) is 8.68. The van der Waals surface area contributed by atoms with E-state index >= 15 is 0 Å². The second-order valence-corrected chi connectivity index (χ2v) is 8.68. The molecule has 11 heteroatoms. The molecule has 0 aliphatic carbocycles. The number of nitrogens with one attached hydrogen (secondary N) is 1. The maximum absolute atomic E-state index is 12.3. The van der Waals surface area contributed by atoms with E-state index in [1.165, 1.54) is 16.8 Å². The average Bonchev–Trinajstić information content (AvgIpc) is 3.41. The quantitative estimate of drug-likeness (QED) is 0.587. The van der Waals surface area contributed by atoms with Gasteiger partial charge >= 0.3 is 5.69 Å². The maximum atomic E-state index is 12.3. The third-order valence-corrected chi connectivity index (χ3v) is 5.58. The Morgan fingerprint density at radius 2 is 2.00 bits per heavy atom. The van der Waals surface area contributed by atoms with Crippen LogP contribution in [-0.2, 0) is 27.4 Å². The summed E-state index contributed by atoms with van der Waals surface area (Å²) in [6, 6.07) is 9.05. The molecule has 0 saturated carbocycles. The van der Waals surface area contributed by atoms with Gasteiger partial charge in [0.15, 0.2) is 12.0 Å². The van der Waals surface area contributed by atoms with Crippen LogP contribution in [0.15, 0.2) is 52.3 Å². The minimum atomic E-state index is -0.837. The van der Waals surface area contributed by atoms with Crippen LogP contribution in [0.25, 0.3) is 0 Å². The molecule has 2 aromatic heterocycles. The third-order valence-electron chi connectivity index (χ3n) is 5.58. The first-order valence-electron chi connectivity index (χ1n) is 10.7. The molecule has 0 radical (unpaired) electrons. The van der Waals surface area contributed by atoms with Gasteiger partial charge in [0.25, 0.3) is 5.56 Å². The number of benzene rings is 1. The van der Waals surface area contributed by atoms with Gasteiger partial charge in [-0.2, -0.15) is 0 Å². The van der Waals surface area contributed by atoms with Crippen LogP contribution in [0.1, 0.15) is 31.3 Å². The minimum absolute atomic E-state index is 0.281. The number of aromatic amines is 1. The lowest BCUT2D eigenvalue weighted by Crippen LogP contribution is -2.37. The molecule has 2 fully saturated rings. The molecule has 11 nitrogen and oxygen atoms in total. The number of fused-ring (bicyclic) bond motifs is 1. The first-order valence-corrected chi connectivity index (χ1v) is 10.7. The molecule has 3 aromatic rings. The summed E-state index contributed by atoms with van der Waals surface area (Å²) in [6.45, 7) is 6.24. The first-order chi connectivity index (χ1) is 15.8. The number of nitrogens with zero attached hydrogens (tertiary/aromatic N) is 4. The number of aryl methyl sites for hydroxylation is 1. The summed E-state index contributed by atoms with van der Waals surface area (Å²) in [7, 11) is 0. The molecule has 174 valence electrons. The van der Waals surface area contributed by atoms with Crippen LogP contribution in [0.3, 0.4) is 0 Å². The molecule has 2 aliphatic rings. The van der Waals surface area contributed by atoms with E-state index in [1.54, 1.807) is 10.9 Å². The van der Waals surface area contributed by atoms with Gasteiger partial charge in [0.2, 0.25) is 0 Å². The smallest absolute Gasteiger partial charge is 0.330 e. The number of aromatic nitrogens is 5. The van der Waals surface area contributed by atoms with Gasteiger partial charge in [0, 0.05) is 12.3 Å². The Bertz CT molecular complexity index is 1260. The predicted octanol–water partition coefficient (Wildman–Crippen LogP) is 1.13. The number of hydrogen-bond donors (Lipinski definition) is 1. The lowest BCUT2D eigenvalue weighted by Gasteiger charge is -2.24. The van der Waals surface area contributed by atoms with E-state index in [0.29, 0.717) is 12.2 Å². The number of hydrogen-bond acceptors (Lipinski definition) is 8. The Labute approximate surface area is 188 Å². The Morgan fingerprint density at radius 1 is 1.18 bits per heavy atom. The highest BCUT2D eigenvalue weighted by Crippen LogP contribution is 2.42. The fraction of sp³-hybridized carbons (Fsp3) is 0.455. The van der Waals surface area contributed by atoms with Crippen LogP contribution >= 0.6 is 0 Å². The molecule has 0 amide bonds. The van der Waals surface area contributed by atoms with Crippen LogP contribution in [0, 0.1) is 6.92 Å². The monoisotopic (exact) mass is 455 g/mol. The summed E-state index contributed by atoms with van der Waals surface area (Å²) in [4.78, 5) is 26.1. The van der Waals surface area contributed by atoms with E-state index < -0.39 is 41.6 Å². The van der Waals surface area contributed by atoms with Crippen molar-refractivity contribution in [2.75, 3.05) is 0 Å². The van der Waals surface area contributed by atoms with Crippen LogP contribution in [0.2, 0.25) is 0 Å². The topological polar surface area (TPSA) is 122 Å². The zero-order valence-corrected chi connectivity index (χ0v) is 18.5. The molecule has 4 atom stereocenters. The first kappa shape index (κ1) is 21.6. The molecule has 0 unspecified atom stereocenters. The van der Waals surface area contributed by atoms with Crippen molar-refractivity contribution < 1.29 is 18.9 Å². The number of H-pyrrole nitrogens is 1. The van der Waals surface area contributed by atoms with Crippen molar-refractivity contribution in [3.05, 3.63) is 74.8 Å². The number of ether oxygens (including phenoxy) is 4. The van der Waals surface area contributed by atoms with Gasteiger partial charge in [-0.15, -0.1) is 5.10 Å². The highest BCUT2D eigenvalue weighted by Gasteiger charge is 2.56. The van der Waals surface area contributed by atoms with Gasteiger partial charge in [-0.3, -0.25) is 14.3 Å². The molecule has 0 bridgehead atoms. The SMILES string of the molecule is Cc1cccc(OCc2cn(C[C@H]3O[C@@H](n4ccc(=O)[nH]c4=O)[C@@H]4OC(C)(C)O[C@@H]43)nn2)c1. The van der Waals surface area contributed by atoms with Crippen molar-refractivity contribution in [3.8, 4) is 5.75 Å². The normalized spacial score (nSPS) is 25.8. The molecule has 2 aliphatic heterocycles. The largest absolute Gasteiger partial charge is 0.487 e. The second kappa shape index (κ2) is 8.25. The Hall–Kier alpha value is -3.28. The van der Waals surface area contributed by atoms with Crippen LogP contribution in [-0.4, -0.2) is 48.6 Å². The highest BCUT2D eigenvalue weighted by atomic mass is 16.8. The van der Waals surface area contributed by atoms with Gasteiger partial charge < -0.3 is 18.9 Å². The standard InChI is InChI=1S/C22H25N5O6/c1-13-5-4-6-15(9-13)30-12-14-10-26(25-24-14)11-16-18-19(33-22(2,3)32-18)20(31-16)27-8-7-17(28)23-21(27)29/h4-10,16,18-20H,11-12H2,1-3H3,(H,23,28,29)/t16-,18-,19-,20-/m1/s1. The van der Waals surface area contributed by atoms with Gasteiger partial charge in [-0.25, -0.2) is 9.48 Å². The van der Waals surface area contributed by atoms with E-state index in [1.807, 2.05) is 45.0 Å². The van der Waals surface area contributed by atoms with Gasteiger partial charge in [0.1, 0.15) is 36.4 Å². The molecule has 5 rings (SSSR count). The van der Waals surface area contributed by atoms with E-state index in [4.69, 9.17) is 18.9 Å². The van der Waals surface area contributed by atoms with Crippen molar-refractivity contribution >= 4 is 0 Å². The minimum Gasteiger partial charge on any atom is -0.487 e. The highest BCUT2D eigenvalue weighted by molar-refractivity contribution is 5.27. The molecule has 0 spiro atoms. The van der Waals surface area contributed by atoms with Gasteiger partial charge in [-0.1, -0.05) is 17.3 Å². The van der Waals surface area contributed by atoms with E-state index in [0.717, 1.165) is 11.3 Å². The Morgan fingerprint density at radius 3 is 2.79 bits per heavy atom. The molecule has 2 saturated heterocycles. The van der Waals surface area contributed by atoms with Crippen LogP contribution in [0.5, 0.6) is 5.75 Å². The molecular weight excluding hydrogens is 430 g/mol. The summed E-state index contributed by atoms with van der Waals surface area (Å²) in [6.07, 6.45) is 1.03. The van der Waals surface area contributed by atoms with E-state index in [-0.39, 0.29) is 6.61 Å². The van der Waals surface area contributed by atoms with Crippen molar-refractivity contribution in [1.82, 2.24) is 24.5 Å². The van der Waals surface area contributed by atoms with Crippen molar-refractivity contribution in [1.29, 1.82) is 0 Å². The Kier molecular flexibility index (Phi) is 5.39. The summed E-state index contributed by atoms with van der Waals surface area (Å²) < 4.78 is 27.0. The predicted molar refractivity (Wildman–Crippen MR) is 115 cm³/mol. The summed E-state index contributed by atoms with van der Waals surface area (Å²) in [5.74, 6) is -0.0733. The molecule has 33 heavy (non-hydrogen) atoms. The van der Waals surface area contributed by atoms with Crippen LogP contribution < -0.4 is 16.0 Å². The molecule has 4 heterocycles. The third kappa shape index (κ3) is 4.47. The van der Waals surface area contributed by atoms with Crippen molar-refractivity contribution in [2.45, 2.75) is 64.2 Å². The fourth-order valence-corrected chi connectivity index (χ4v) is 4.20. The lowest BCUT2D eigenvalue weighted by molar-refractivity contribution is -0.198. The summed E-state index contributed by atoms with van der Waals surface area (Å²) >= 11 is 0. The zero-order valence-electron chi connectivity index (χ0n) is 18.5. The van der Waals surface area contributed by atoms with Crippen molar-refractivity contribution in [3.63, 3.8) is 0 Å². The maximum Gasteiger partial charge on any atom is 0.330 e. The number of rotatable bonds is 6. The van der Waals surface area contributed by atoms with Gasteiger partial charge in [0.05, 0.1) is 12.7 Å². The Balaban J connectivity index is 1.31. The van der Waals surface area contributed by atoms with Crippen molar-refractivity contribution in [2.24, 2.45) is 0 Å². The average molecular weight is 455 g/mol. The van der Waals surface area contributed by atoms with E-state index in [2.05, 4.69) is 15.3 Å². The van der Waals surface area contributed by atoms with Crippen LogP contribution in [0.4, 0.5) is 0 Å². The summed E-state index contributed by atoms with van der Waals surface area (Å²) in [5.41, 5.74) is 0.733. The fourth-order valence-electron chi connectivity index (χ4n) is 4.20. The lowest BCUT2D eigenvalue weighted by atomic mass is 10.1. The summed E-state index contributed by atoms with van der Waals surface area (Å²) in [5, 5.41) is 8.36. The van der Waals surface area contributed by atoms with Gasteiger partial charge in [-0.05, 0) is 38.5 Å².